The van der Waals surface area contributed by atoms with Gasteiger partial charge in [-0.2, -0.15) is 21.6 Å². The van der Waals surface area contributed by atoms with Gasteiger partial charge in [0.25, 0.3) is 0 Å². The summed E-state index contributed by atoms with van der Waals surface area (Å²) in [5.74, 6) is -1.81. The lowest BCUT2D eigenvalue weighted by atomic mass is 9.91. The molecule has 0 aliphatic heterocycles. The molecule has 0 aromatic heterocycles. The minimum atomic E-state index is -5.78. The molecule has 5 nitrogen and oxygen atoms in total. The summed E-state index contributed by atoms with van der Waals surface area (Å²) in [5, 5.41) is 8.90. The molecule has 0 aliphatic carbocycles. The predicted molar refractivity (Wildman–Crippen MR) is 81.2 cm³/mol. The molecule has 0 radical (unpaired) electrons. The van der Waals surface area contributed by atoms with E-state index in [4.69, 9.17) is 5.11 Å². The molecule has 1 unspecified atom stereocenters. The van der Waals surface area contributed by atoms with Crippen molar-refractivity contribution in [2.45, 2.75) is 37.6 Å². The molecule has 1 aromatic rings. The van der Waals surface area contributed by atoms with Crippen molar-refractivity contribution in [2.24, 2.45) is 0 Å². The van der Waals surface area contributed by atoms with Crippen molar-refractivity contribution >= 4 is 16.1 Å². The Morgan fingerprint density at radius 1 is 1.42 bits per heavy atom. The quantitative estimate of drug-likeness (QED) is 0.432. The lowest BCUT2D eigenvalue weighted by molar-refractivity contribution is -0.137. The first kappa shape index (κ1) is 20.0. The van der Waals surface area contributed by atoms with Crippen LogP contribution < -0.4 is 4.18 Å². The maximum Gasteiger partial charge on any atom is 0.534 e. The molecule has 0 saturated heterocycles. The number of hydrogen-bond acceptors (Lipinski definition) is 4. The van der Waals surface area contributed by atoms with E-state index in [0.29, 0.717) is 12.0 Å². The highest BCUT2D eigenvalue weighted by Crippen LogP contribution is 2.32. The van der Waals surface area contributed by atoms with Crippen molar-refractivity contribution in [1.82, 2.24) is 0 Å². The third kappa shape index (κ3) is 4.98. The number of aliphatic carboxylic acids is 1. The molecule has 1 N–H and O–H groups in total. The van der Waals surface area contributed by atoms with E-state index in [-0.39, 0.29) is 24.3 Å². The molecule has 0 amide bonds. The van der Waals surface area contributed by atoms with Gasteiger partial charge in [-0.05, 0) is 36.0 Å². The average Bonchev–Trinajstić information content (AvgIpc) is 2.45. The van der Waals surface area contributed by atoms with Crippen LogP contribution in [0.4, 0.5) is 13.2 Å². The number of rotatable bonds is 8. The van der Waals surface area contributed by atoms with Crippen LogP contribution in [0.5, 0.6) is 5.75 Å². The Balaban J connectivity index is 3.25. The summed E-state index contributed by atoms with van der Waals surface area (Å²) in [6.45, 7) is 5.24. The summed E-state index contributed by atoms with van der Waals surface area (Å²) in [6.07, 6.45) is 1.80. The molecule has 24 heavy (non-hydrogen) atoms. The second kappa shape index (κ2) is 7.69. The lowest BCUT2D eigenvalue weighted by Gasteiger charge is -2.17. The van der Waals surface area contributed by atoms with Crippen molar-refractivity contribution in [3.05, 3.63) is 42.0 Å². The fraction of sp³-hybridized carbons (Fsp3) is 0.400. The molecule has 1 rings (SSSR count). The fourth-order valence-electron chi connectivity index (χ4n) is 2.12. The van der Waals surface area contributed by atoms with E-state index in [0.717, 1.165) is 6.07 Å². The van der Waals surface area contributed by atoms with Crippen LogP contribution >= 0.6 is 0 Å². The van der Waals surface area contributed by atoms with Gasteiger partial charge in [0.05, 0.1) is 6.42 Å². The number of carboxylic acids is 1. The topological polar surface area (TPSA) is 80.7 Å². The zero-order valence-electron chi connectivity index (χ0n) is 12.8. The smallest absolute Gasteiger partial charge is 0.481 e. The van der Waals surface area contributed by atoms with E-state index >= 15 is 0 Å². The molecule has 134 valence electrons. The van der Waals surface area contributed by atoms with Gasteiger partial charge in [0.2, 0.25) is 0 Å². The maximum atomic E-state index is 12.4. The summed E-state index contributed by atoms with van der Waals surface area (Å²) >= 11 is 0. The number of hydrogen-bond donors (Lipinski definition) is 1. The van der Waals surface area contributed by atoms with Gasteiger partial charge in [-0.15, -0.1) is 6.58 Å². The molecule has 9 heteroatoms. The van der Waals surface area contributed by atoms with Crippen LogP contribution in [-0.2, 0) is 21.3 Å². The lowest BCUT2D eigenvalue weighted by Crippen LogP contribution is -2.28. The van der Waals surface area contributed by atoms with Crippen LogP contribution in [0.25, 0.3) is 0 Å². The summed E-state index contributed by atoms with van der Waals surface area (Å²) < 4.78 is 63.8. The molecule has 0 aliphatic rings. The van der Waals surface area contributed by atoms with Gasteiger partial charge in [0.15, 0.2) is 0 Å². The highest BCUT2D eigenvalue weighted by atomic mass is 32.2. The van der Waals surface area contributed by atoms with Crippen molar-refractivity contribution < 1.29 is 35.7 Å². The van der Waals surface area contributed by atoms with Crippen LogP contribution in [0, 0.1) is 0 Å². The van der Waals surface area contributed by atoms with Gasteiger partial charge >= 0.3 is 21.6 Å². The fourth-order valence-corrected chi connectivity index (χ4v) is 2.62. The van der Waals surface area contributed by atoms with Gasteiger partial charge in [-0.25, -0.2) is 0 Å². The van der Waals surface area contributed by atoms with Crippen LogP contribution in [0.15, 0.2) is 30.9 Å². The van der Waals surface area contributed by atoms with Gasteiger partial charge < -0.3 is 9.29 Å². The molecule has 0 spiro atoms. The van der Waals surface area contributed by atoms with E-state index in [1.807, 2.05) is 0 Å². The Bertz CT molecular complexity index is 710. The molecule has 0 heterocycles. The second-order valence-electron chi connectivity index (χ2n) is 5.05. The van der Waals surface area contributed by atoms with E-state index in [2.05, 4.69) is 10.8 Å². The molecule has 1 aromatic carbocycles. The molecule has 0 fully saturated rings. The van der Waals surface area contributed by atoms with Gasteiger partial charge in [0, 0.05) is 0 Å². The van der Waals surface area contributed by atoms with E-state index < -0.39 is 27.3 Å². The Labute approximate surface area is 137 Å². The number of allylic oxidation sites excluding steroid dienone is 1. The minimum absolute atomic E-state index is 0.0695. The summed E-state index contributed by atoms with van der Waals surface area (Å²) in [4.78, 5) is 10.9. The van der Waals surface area contributed by atoms with Crippen LogP contribution in [0.2, 0.25) is 0 Å². The number of alkyl halides is 3. The average molecular weight is 366 g/mol. The summed E-state index contributed by atoms with van der Waals surface area (Å²) in [7, 11) is -5.78. The summed E-state index contributed by atoms with van der Waals surface area (Å²) in [6, 6.07) is 3.91. The van der Waals surface area contributed by atoms with Crippen LogP contribution in [-0.4, -0.2) is 25.0 Å². The Morgan fingerprint density at radius 3 is 2.50 bits per heavy atom. The van der Waals surface area contributed by atoms with Crippen molar-refractivity contribution in [2.75, 3.05) is 0 Å². The summed E-state index contributed by atoms with van der Waals surface area (Å²) in [5.41, 5.74) is -4.78. The third-order valence-electron chi connectivity index (χ3n) is 3.32. The standard InChI is InChI=1S/C15H17F3O5S/c1-3-5-12-8-11(10(4-2)9-14(19)20)6-7-13(12)23-24(21,22)15(16,17)18/h3,6-8,10H,1,4-5,9H2,2H3,(H,19,20). The zero-order chi connectivity index (χ0) is 18.5. The Morgan fingerprint density at radius 2 is 2.04 bits per heavy atom. The maximum absolute atomic E-state index is 12.4. The van der Waals surface area contributed by atoms with E-state index in [1.165, 1.54) is 18.2 Å². The SMILES string of the molecule is C=CCc1cc(C(CC)CC(=O)O)ccc1OS(=O)(=O)C(F)(F)F. The van der Waals surface area contributed by atoms with E-state index in [1.54, 1.807) is 6.92 Å². The Hall–Kier alpha value is -2.03. The predicted octanol–water partition coefficient (Wildman–Crippen LogP) is 3.61. The number of benzene rings is 1. The molecule has 0 saturated carbocycles. The van der Waals surface area contributed by atoms with Crippen molar-refractivity contribution in [3.63, 3.8) is 0 Å². The first-order chi connectivity index (χ1) is 11.0. The highest BCUT2D eigenvalue weighted by Gasteiger charge is 2.48. The zero-order valence-corrected chi connectivity index (χ0v) is 13.7. The van der Waals surface area contributed by atoms with Crippen LogP contribution in [0.3, 0.4) is 0 Å². The second-order valence-corrected chi connectivity index (χ2v) is 6.58. The molecular weight excluding hydrogens is 349 g/mol. The monoisotopic (exact) mass is 366 g/mol. The first-order valence-corrected chi connectivity index (χ1v) is 8.39. The largest absolute Gasteiger partial charge is 0.534 e. The first-order valence-electron chi connectivity index (χ1n) is 6.98. The van der Waals surface area contributed by atoms with Crippen molar-refractivity contribution in [1.29, 1.82) is 0 Å². The number of halogens is 3. The molecule has 1 atom stereocenters. The van der Waals surface area contributed by atoms with Gasteiger partial charge in [0.1, 0.15) is 5.75 Å². The van der Waals surface area contributed by atoms with Gasteiger partial charge in [-0.3, -0.25) is 4.79 Å². The molecule has 0 bridgehead atoms. The molecular formula is C15H17F3O5S. The number of carboxylic acid groups (broad SMARTS) is 1. The Kier molecular flexibility index (Phi) is 6.42. The van der Waals surface area contributed by atoms with Crippen LogP contribution in [0.1, 0.15) is 36.8 Å². The minimum Gasteiger partial charge on any atom is -0.481 e. The van der Waals surface area contributed by atoms with Crippen molar-refractivity contribution in [3.8, 4) is 5.75 Å². The number of carbonyl (C=O) groups is 1. The van der Waals surface area contributed by atoms with Gasteiger partial charge in [-0.1, -0.05) is 25.1 Å². The normalized spacial score (nSPS) is 13.3. The van der Waals surface area contributed by atoms with E-state index in [9.17, 15) is 26.4 Å². The highest BCUT2D eigenvalue weighted by molar-refractivity contribution is 7.88. The third-order valence-corrected chi connectivity index (χ3v) is 4.28.